The first-order valence-corrected chi connectivity index (χ1v) is 8.25. The third kappa shape index (κ3) is 3.66. The average Bonchev–Trinajstić information content (AvgIpc) is 2.77. The number of carbonyl (C=O) groups excluding carboxylic acids is 2. The standard InChI is InChI=1S/C15H23N3O3S/c1-4-21-15(20)12-10(2)13(22-14(12)16)11(19)9-18-7-5-17(3)6-8-18/h4-9,16H2,1-3H3. The maximum absolute atomic E-state index is 12.5. The molecular formula is C15H23N3O3S. The normalized spacial score (nSPS) is 16.7. The van der Waals surface area contributed by atoms with E-state index < -0.39 is 5.97 Å². The summed E-state index contributed by atoms with van der Waals surface area (Å²) in [4.78, 5) is 29.4. The van der Waals surface area contributed by atoms with Crippen molar-refractivity contribution in [2.75, 3.05) is 52.1 Å². The molecule has 0 bridgehead atoms. The van der Waals surface area contributed by atoms with Gasteiger partial charge in [0.25, 0.3) is 0 Å². The first-order chi connectivity index (χ1) is 10.4. The molecule has 1 aromatic heterocycles. The Labute approximate surface area is 134 Å². The van der Waals surface area contributed by atoms with Crippen LogP contribution >= 0.6 is 11.3 Å². The number of Topliss-reactive ketones (excluding diaryl/α,β-unsaturated/α-hetero) is 1. The molecule has 122 valence electrons. The molecule has 2 rings (SSSR count). The van der Waals surface area contributed by atoms with Gasteiger partial charge >= 0.3 is 5.97 Å². The Morgan fingerprint density at radius 1 is 1.27 bits per heavy atom. The molecule has 1 saturated heterocycles. The molecule has 1 aliphatic heterocycles. The van der Waals surface area contributed by atoms with Crippen LogP contribution in [0.3, 0.4) is 0 Å². The van der Waals surface area contributed by atoms with E-state index in [4.69, 9.17) is 10.5 Å². The first-order valence-electron chi connectivity index (χ1n) is 7.44. The van der Waals surface area contributed by atoms with Crippen molar-refractivity contribution in [3.05, 3.63) is 16.0 Å². The van der Waals surface area contributed by atoms with Crippen molar-refractivity contribution < 1.29 is 14.3 Å². The Morgan fingerprint density at radius 3 is 2.50 bits per heavy atom. The van der Waals surface area contributed by atoms with Crippen molar-refractivity contribution >= 4 is 28.1 Å². The average molecular weight is 325 g/mol. The monoisotopic (exact) mass is 325 g/mol. The molecule has 2 N–H and O–H groups in total. The summed E-state index contributed by atoms with van der Waals surface area (Å²) < 4.78 is 5.00. The van der Waals surface area contributed by atoms with Crippen LogP contribution in [-0.4, -0.2) is 67.9 Å². The molecule has 0 amide bonds. The van der Waals surface area contributed by atoms with E-state index in [1.54, 1.807) is 13.8 Å². The third-order valence-corrected chi connectivity index (χ3v) is 5.03. The highest BCUT2D eigenvalue weighted by Gasteiger charge is 2.25. The number of carbonyl (C=O) groups is 2. The lowest BCUT2D eigenvalue weighted by molar-refractivity contribution is 0.0527. The van der Waals surface area contributed by atoms with Crippen molar-refractivity contribution in [2.45, 2.75) is 13.8 Å². The number of nitrogen functional groups attached to an aromatic ring is 1. The van der Waals surface area contributed by atoms with Gasteiger partial charge in [0.1, 0.15) is 5.00 Å². The zero-order valence-corrected chi connectivity index (χ0v) is 14.2. The molecular weight excluding hydrogens is 302 g/mol. The third-order valence-electron chi connectivity index (χ3n) is 3.87. The highest BCUT2D eigenvalue weighted by molar-refractivity contribution is 7.18. The molecule has 0 radical (unpaired) electrons. The van der Waals surface area contributed by atoms with Gasteiger partial charge in [-0.05, 0) is 26.5 Å². The van der Waals surface area contributed by atoms with Crippen LogP contribution in [-0.2, 0) is 4.74 Å². The predicted molar refractivity (Wildman–Crippen MR) is 87.7 cm³/mol. The minimum Gasteiger partial charge on any atom is -0.462 e. The molecule has 1 aliphatic rings. The van der Waals surface area contributed by atoms with Gasteiger partial charge in [-0.2, -0.15) is 0 Å². The SMILES string of the molecule is CCOC(=O)c1c(N)sc(C(=O)CN2CCN(C)CC2)c1C. The summed E-state index contributed by atoms with van der Waals surface area (Å²) in [5, 5.41) is 0.359. The number of anilines is 1. The summed E-state index contributed by atoms with van der Waals surface area (Å²) in [6.07, 6.45) is 0. The van der Waals surface area contributed by atoms with E-state index in [9.17, 15) is 9.59 Å². The topological polar surface area (TPSA) is 75.9 Å². The van der Waals surface area contributed by atoms with Crippen LogP contribution in [0.4, 0.5) is 5.00 Å². The lowest BCUT2D eigenvalue weighted by Crippen LogP contribution is -2.46. The van der Waals surface area contributed by atoms with Crippen LogP contribution < -0.4 is 5.73 Å². The minimum absolute atomic E-state index is 0.0225. The lowest BCUT2D eigenvalue weighted by Gasteiger charge is -2.31. The molecule has 0 unspecified atom stereocenters. The molecule has 0 aromatic carbocycles. The summed E-state index contributed by atoms with van der Waals surface area (Å²) in [5.41, 5.74) is 6.89. The number of ketones is 1. The van der Waals surface area contributed by atoms with Gasteiger partial charge in [0.15, 0.2) is 5.78 Å². The highest BCUT2D eigenvalue weighted by Crippen LogP contribution is 2.31. The summed E-state index contributed by atoms with van der Waals surface area (Å²) >= 11 is 1.18. The van der Waals surface area contributed by atoms with Gasteiger partial charge in [0, 0.05) is 26.2 Å². The van der Waals surface area contributed by atoms with Crippen LogP contribution in [0.5, 0.6) is 0 Å². The molecule has 2 heterocycles. The van der Waals surface area contributed by atoms with E-state index in [1.807, 2.05) is 0 Å². The Hall–Kier alpha value is -1.44. The molecule has 0 aliphatic carbocycles. The van der Waals surface area contributed by atoms with E-state index in [0.717, 1.165) is 26.2 Å². The van der Waals surface area contributed by atoms with Crippen molar-refractivity contribution in [3.8, 4) is 0 Å². The molecule has 0 atom stereocenters. The Bertz CT molecular complexity index is 563. The molecule has 6 nitrogen and oxygen atoms in total. The van der Waals surface area contributed by atoms with Crippen LogP contribution in [0.1, 0.15) is 32.5 Å². The predicted octanol–water partition coefficient (Wildman–Crippen LogP) is 1.25. The molecule has 1 fully saturated rings. The van der Waals surface area contributed by atoms with Gasteiger partial charge in [-0.1, -0.05) is 0 Å². The number of ether oxygens (including phenoxy) is 1. The molecule has 0 saturated carbocycles. The van der Waals surface area contributed by atoms with E-state index in [-0.39, 0.29) is 12.4 Å². The number of piperazine rings is 1. The Morgan fingerprint density at radius 2 is 1.91 bits per heavy atom. The number of rotatable bonds is 5. The Kier molecular flexibility index (Phi) is 5.55. The number of hydrogen-bond donors (Lipinski definition) is 1. The second kappa shape index (κ2) is 7.21. The zero-order chi connectivity index (χ0) is 16.3. The number of hydrogen-bond acceptors (Lipinski definition) is 7. The van der Waals surface area contributed by atoms with Gasteiger partial charge in [-0.15, -0.1) is 11.3 Å². The first kappa shape index (κ1) is 16.9. The largest absolute Gasteiger partial charge is 0.462 e. The van der Waals surface area contributed by atoms with E-state index in [0.29, 0.717) is 27.5 Å². The van der Waals surface area contributed by atoms with Gasteiger partial charge < -0.3 is 15.4 Å². The maximum atomic E-state index is 12.5. The van der Waals surface area contributed by atoms with Crippen molar-refractivity contribution in [1.82, 2.24) is 9.80 Å². The zero-order valence-electron chi connectivity index (χ0n) is 13.3. The highest BCUT2D eigenvalue weighted by atomic mass is 32.1. The van der Waals surface area contributed by atoms with E-state index in [2.05, 4.69) is 16.8 Å². The van der Waals surface area contributed by atoms with Crippen LogP contribution in [0.2, 0.25) is 0 Å². The van der Waals surface area contributed by atoms with E-state index >= 15 is 0 Å². The second-order valence-electron chi connectivity index (χ2n) is 5.52. The molecule has 7 heteroatoms. The smallest absolute Gasteiger partial charge is 0.341 e. The number of nitrogens with zero attached hydrogens (tertiary/aromatic N) is 2. The fourth-order valence-electron chi connectivity index (χ4n) is 2.54. The number of thiophene rings is 1. The van der Waals surface area contributed by atoms with Crippen molar-refractivity contribution in [1.29, 1.82) is 0 Å². The summed E-state index contributed by atoms with van der Waals surface area (Å²) in [5.74, 6) is -0.429. The van der Waals surface area contributed by atoms with E-state index in [1.165, 1.54) is 11.3 Å². The van der Waals surface area contributed by atoms with Gasteiger partial charge in [0.2, 0.25) is 0 Å². The maximum Gasteiger partial charge on any atom is 0.341 e. The number of likely N-dealkylation sites (N-methyl/N-ethyl adjacent to an activating group) is 1. The molecule has 22 heavy (non-hydrogen) atoms. The van der Waals surface area contributed by atoms with Crippen molar-refractivity contribution in [2.24, 2.45) is 0 Å². The van der Waals surface area contributed by atoms with Gasteiger partial charge in [-0.25, -0.2) is 4.79 Å². The summed E-state index contributed by atoms with van der Waals surface area (Å²) in [6.45, 7) is 7.86. The summed E-state index contributed by atoms with van der Waals surface area (Å²) in [7, 11) is 2.08. The summed E-state index contributed by atoms with van der Waals surface area (Å²) in [6, 6.07) is 0. The minimum atomic E-state index is -0.451. The van der Waals surface area contributed by atoms with Crippen LogP contribution in [0, 0.1) is 6.92 Å². The lowest BCUT2D eigenvalue weighted by atomic mass is 10.1. The fraction of sp³-hybridized carbons (Fsp3) is 0.600. The Balaban J connectivity index is 2.10. The van der Waals surface area contributed by atoms with Crippen LogP contribution in [0.15, 0.2) is 0 Å². The quantitative estimate of drug-likeness (QED) is 0.648. The number of esters is 1. The number of nitrogens with two attached hydrogens (primary N) is 1. The van der Waals surface area contributed by atoms with Crippen molar-refractivity contribution in [3.63, 3.8) is 0 Å². The van der Waals surface area contributed by atoms with Gasteiger partial charge in [0.05, 0.1) is 23.6 Å². The van der Waals surface area contributed by atoms with Crippen LogP contribution in [0.25, 0.3) is 0 Å². The molecule has 0 spiro atoms. The molecule has 1 aromatic rings. The second-order valence-corrected chi connectivity index (χ2v) is 6.57. The fourth-order valence-corrected chi connectivity index (χ4v) is 3.53. The van der Waals surface area contributed by atoms with Gasteiger partial charge in [-0.3, -0.25) is 9.69 Å².